The summed E-state index contributed by atoms with van der Waals surface area (Å²) in [5, 5.41) is 3.15. The van der Waals surface area contributed by atoms with E-state index < -0.39 is 0 Å². The first-order valence-electron chi connectivity index (χ1n) is 11.2. The normalized spacial score (nSPS) is 11.0. The van der Waals surface area contributed by atoms with Gasteiger partial charge in [0.15, 0.2) is 0 Å². The molecule has 1 rings (SSSR count). The lowest BCUT2D eigenvalue weighted by Crippen LogP contribution is -2.10. The molecule has 6 heteroatoms. The molecule has 5 N–H and O–H groups in total. The van der Waals surface area contributed by atoms with Crippen LogP contribution >= 0.6 is 0 Å². The summed E-state index contributed by atoms with van der Waals surface area (Å²) in [5.41, 5.74) is 11.1. The molecule has 6 nitrogen and oxygen atoms in total. The molecule has 1 aromatic rings. The molecule has 0 amide bonds. The summed E-state index contributed by atoms with van der Waals surface area (Å²) in [7, 11) is 0. The van der Waals surface area contributed by atoms with Crippen molar-refractivity contribution in [1.82, 2.24) is 15.0 Å². The van der Waals surface area contributed by atoms with Crippen molar-refractivity contribution in [2.24, 2.45) is 0 Å². The number of nitrogens with zero attached hydrogens (tertiary/aromatic N) is 3. The van der Waals surface area contributed by atoms with E-state index in [4.69, 9.17) is 11.5 Å². The van der Waals surface area contributed by atoms with Gasteiger partial charge >= 0.3 is 0 Å². The fourth-order valence-electron chi connectivity index (χ4n) is 3.36. The maximum atomic E-state index is 5.54. The van der Waals surface area contributed by atoms with Crippen LogP contribution in [0.15, 0.2) is 0 Å². The Morgan fingerprint density at radius 3 is 1.33 bits per heavy atom. The largest absolute Gasteiger partial charge is 0.368 e. The van der Waals surface area contributed by atoms with Gasteiger partial charge in [-0.2, -0.15) is 15.0 Å². The third kappa shape index (κ3) is 14.2. The summed E-state index contributed by atoms with van der Waals surface area (Å²) in [6.45, 7) is 3.13. The van der Waals surface area contributed by atoms with E-state index in [1.165, 1.54) is 96.3 Å². The minimum atomic E-state index is 0.164. The zero-order valence-electron chi connectivity index (χ0n) is 17.5. The molecule has 1 heterocycles. The van der Waals surface area contributed by atoms with Crippen LogP contribution in [0.25, 0.3) is 0 Å². The van der Waals surface area contributed by atoms with Gasteiger partial charge in [-0.15, -0.1) is 0 Å². The summed E-state index contributed by atoms with van der Waals surface area (Å²) < 4.78 is 0. The SMILES string of the molecule is CCCCCCCCCCCCCCCCCCNc1nc(N)nc(N)n1. The van der Waals surface area contributed by atoms with Crippen molar-refractivity contribution in [2.75, 3.05) is 23.3 Å². The van der Waals surface area contributed by atoms with Crippen LogP contribution in [0.3, 0.4) is 0 Å². The maximum Gasteiger partial charge on any atom is 0.229 e. The van der Waals surface area contributed by atoms with Crippen LogP contribution in [0.1, 0.15) is 110 Å². The van der Waals surface area contributed by atoms with E-state index in [2.05, 4.69) is 27.2 Å². The van der Waals surface area contributed by atoms with Crippen LogP contribution in [0.2, 0.25) is 0 Å². The predicted molar refractivity (Wildman–Crippen MR) is 117 cm³/mol. The van der Waals surface area contributed by atoms with Crippen molar-refractivity contribution in [1.29, 1.82) is 0 Å². The highest BCUT2D eigenvalue weighted by molar-refractivity contribution is 5.36. The molecule has 0 bridgehead atoms. The molecular formula is C21H42N6. The van der Waals surface area contributed by atoms with Crippen molar-refractivity contribution in [3.63, 3.8) is 0 Å². The third-order valence-corrected chi connectivity index (χ3v) is 4.98. The van der Waals surface area contributed by atoms with Gasteiger partial charge in [0.2, 0.25) is 17.8 Å². The van der Waals surface area contributed by atoms with E-state index in [9.17, 15) is 0 Å². The number of aromatic nitrogens is 3. The molecule has 27 heavy (non-hydrogen) atoms. The predicted octanol–water partition coefficient (Wildman–Crippen LogP) is 5.71. The Balaban J connectivity index is 1.78. The van der Waals surface area contributed by atoms with Crippen molar-refractivity contribution in [3.8, 4) is 0 Å². The van der Waals surface area contributed by atoms with E-state index in [1.807, 2.05) is 0 Å². The van der Waals surface area contributed by atoms with Gasteiger partial charge in [0, 0.05) is 6.54 Å². The summed E-state index contributed by atoms with van der Waals surface area (Å²) in [6, 6.07) is 0. The van der Waals surface area contributed by atoms with E-state index >= 15 is 0 Å². The lowest BCUT2D eigenvalue weighted by molar-refractivity contribution is 0.530. The zero-order chi connectivity index (χ0) is 19.6. The number of nitrogens with two attached hydrogens (primary N) is 2. The van der Waals surface area contributed by atoms with Crippen LogP contribution in [0, 0.1) is 0 Å². The minimum Gasteiger partial charge on any atom is -0.368 e. The first kappa shape index (κ1) is 23.4. The Labute approximate surface area is 166 Å². The van der Waals surface area contributed by atoms with E-state index in [-0.39, 0.29) is 11.9 Å². The van der Waals surface area contributed by atoms with Crippen molar-refractivity contribution in [3.05, 3.63) is 0 Å². The van der Waals surface area contributed by atoms with E-state index in [1.54, 1.807) is 0 Å². The number of nitrogen functional groups attached to an aromatic ring is 2. The molecule has 0 radical (unpaired) electrons. The molecule has 0 aliphatic carbocycles. The van der Waals surface area contributed by atoms with E-state index in [0.717, 1.165) is 13.0 Å². The van der Waals surface area contributed by atoms with Gasteiger partial charge in [-0.1, -0.05) is 103 Å². The molecule has 0 saturated carbocycles. The summed E-state index contributed by atoms with van der Waals surface area (Å²) in [6.07, 6.45) is 22.1. The molecule has 0 saturated heterocycles. The highest BCUT2D eigenvalue weighted by atomic mass is 15.2. The first-order chi connectivity index (χ1) is 13.2. The second kappa shape index (κ2) is 16.6. The van der Waals surface area contributed by atoms with Gasteiger partial charge in [0.05, 0.1) is 0 Å². The molecule has 0 fully saturated rings. The second-order valence-electron chi connectivity index (χ2n) is 7.61. The molecule has 156 valence electrons. The van der Waals surface area contributed by atoms with Crippen LogP contribution in [0.4, 0.5) is 17.8 Å². The Bertz CT molecular complexity index is 446. The van der Waals surface area contributed by atoms with Gasteiger partial charge in [0.1, 0.15) is 0 Å². The lowest BCUT2D eigenvalue weighted by atomic mass is 10.0. The number of hydrogen-bond acceptors (Lipinski definition) is 6. The van der Waals surface area contributed by atoms with Crippen LogP contribution in [0.5, 0.6) is 0 Å². The monoisotopic (exact) mass is 378 g/mol. The number of anilines is 3. The Hall–Kier alpha value is -1.59. The molecule has 0 aliphatic heterocycles. The average Bonchev–Trinajstić information content (AvgIpc) is 2.63. The topological polar surface area (TPSA) is 103 Å². The van der Waals surface area contributed by atoms with Gasteiger partial charge in [-0.05, 0) is 6.42 Å². The van der Waals surface area contributed by atoms with Gasteiger partial charge in [-0.3, -0.25) is 0 Å². The molecule has 1 aromatic heterocycles. The average molecular weight is 379 g/mol. The Kier molecular flexibility index (Phi) is 14.4. The van der Waals surface area contributed by atoms with Crippen LogP contribution in [-0.2, 0) is 0 Å². The fraction of sp³-hybridized carbons (Fsp3) is 0.857. The smallest absolute Gasteiger partial charge is 0.229 e. The molecule has 0 unspecified atom stereocenters. The molecule has 0 aliphatic rings. The van der Waals surface area contributed by atoms with Gasteiger partial charge in [-0.25, -0.2) is 0 Å². The maximum absolute atomic E-state index is 5.54. The zero-order valence-corrected chi connectivity index (χ0v) is 17.5. The fourth-order valence-corrected chi connectivity index (χ4v) is 3.36. The second-order valence-corrected chi connectivity index (χ2v) is 7.61. The standard InChI is InChI=1S/C21H42N6/c1-2-3-4-5-6-7-8-9-10-11-12-13-14-15-16-17-18-24-21-26-19(22)25-20(23)27-21/h2-18H2,1H3,(H5,22,23,24,25,26,27). The van der Waals surface area contributed by atoms with Crippen molar-refractivity contribution in [2.45, 2.75) is 110 Å². The highest BCUT2D eigenvalue weighted by Crippen LogP contribution is 2.13. The minimum absolute atomic E-state index is 0.164. The highest BCUT2D eigenvalue weighted by Gasteiger charge is 2.00. The summed E-state index contributed by atoms with van der Waals surface area (Å²) >= 11 is 0. The van der Waals surface area contributed by atoms with Crippen molar-refractivity contribution >= 4 is 17.8 Å². The number of unbranched alkanes of at least 4 members (excludes halogenated alkanes) is 15. The Morgan fingerprint density at radius 2 is 0.926 bits per heavy atom. The quantitative estimate of drug-likeness (QED) is 0.283. The Morgan fingerprint density at radius 1 is 0.556 bits per heavy atom. The van der Waals surface area contributed by atoms with Crippen LogP contribution in [-0.4, -0.2) is 21.5 Å². The third-order valence-electron chi connectivity index (χ3n) is 4.98. The number of hydrogen-bond donors (Lipinski definition) is 3. The molecule has 0 aromatic carbocycles. The van der Waals surface area contributed by atoms with Gasteiger partial charge in [0.25, 0.3) is 0 Å². The molecule has 0 spiro atoms. The first-order valence-corrected chi connectivity index (χ1v) is 11.2. The van der Waals surface area contributed by atoms with E-state index in [0.29, 0.717) is 5.95 Å². The van der Waals surface area contributed by atoms with Crippen LogP contribution < -0.4 is 16.8 Å². The number of nitrogens with one attached hydrogen (secondary N) is 1. The molecule has 0 atom stereocenters. The van der Waals surface area contributed by atoms with Crippen molar-refractivity contribution < 1.29 is 0 Å². The molecular weight excluding hydrogens is 336 g/mol. The lowest BCUT2D eigenvalue weighted by Gasteiger charge is -2.06. The summed E-state index contributed by atoms with van der Waals surface area (Å²) in [4.78, 5) is 11.8. The van der Waals surface area contributed by atoms with Gasteiger partial charge < -0.3 is 16.8 Å². The summed E-state index contributed by atoms with van der Waals surface area (Å²) in [5.74, 6) is 0.801. The number of rotatable bonds is 18.